The van der Waals surface area contributed by atoms with Crippen molar-refractivity contribution >= 4 is 0 Å². The highest BCUT2D eigenvalue weighted by Gasteiger charge is 2.30. The maximum Gasteiger partial charge on any atom is 0.0575 e. The highest BCUT2D eigenvalue weighted by molar-refractivity contribution is 4.82. The Hall–Kier alpha value is -0.0400. The van der Waals surface area contributed by atoms with Gasteiger partial charge in [0.15, 0.2) is 0 Å². The van der Waals surface area contributed by atoms with Crippen molar-refractivity contribution in [1.29, 1.82) is 0 Å². The fraction of sp³-hybridized carbons (Fsp3) is 1.00. The van der Waals surface area contributed by atoms with Crippen molar-refractivity contribution in [2.24, 2.45) is 17.8 Å². The summed E-state index contributed by atoms with van der Waals surface area (Å²) in [5, 5.41) is 0. The van der Waals surface area contributed by atoms with E-state index < -0.39 is 0 Å². The molecule has 0 radical (unpaired) electrons. The van der Waals surface area contributed by atoms with Crippen LogP contribution in [0.15, 0.2) is 0 Å². The van der Waals surface area contributed by atoms with Gasteiger partial charge in [-0.3, -0.25) is 0 Å². The van der Waals surface area contributed by atoms with Crippen LogP contribution in [0.3, 0.4) is 0 Å². The first-order valence-corrected chi connectivity index (χ1v) is 14.9. The number of ether oxygens (including phenoxy) is 1. The zero-order valence-corrected chi connectivity index (χ0v) is 21.7. The van der Waals surface area contributed by atoms with Crippen LogP contribution in [0.25, 0.3) is 0 Å². The largest absolute Gasteiger partial charge is 0.378 e. The minimum Gasteiger partial charge on any atom is -0.378 e. The summed E-state index contributed by atoms with van der Waals surface area (Å²) in [4.78, 5) is 0. The molecule has 0 atom stereocenters. The molecule has 0 spiro atoms. The smallest absolute Gasteiger partial charge is 0.0575 e. The van der Waals surface area contributed by atoms with Gasteiger partial charge in [-0.05, 0) is 62.7 Å². The second-order valence-electron chi connectivity index (χ2n) is 11.2. The molecule has 0 N–H and O–H groups in total. The average molecular weight is 435 g/mol. The van der Waals surface area contributed by atoms with Gasteiger partial charge in [-0.1, -0.05) is 117 Å². The Balaban J connectivity index is 1.42. The standard InChI is InChI=1S/C30H58O/c1-3-5-7-9-11-13-15-17-27-18-20-28(21-19-27)29-22-24-30(25-23-29)31-26-16-14-12-10-8-6-4-2/h27-30H,3-26H2,1-2H3. The molecule has 0 unspecified atom stereocenters. The van der Waals surface area contributed by atoms with Crippen molar-refractivity contribution in [3.8, 4) is 0 Å². The predicted octanol–water partition coefficient (Wildman–Crippen LogP) is 10.3. The number of hydrogen-bond donors (Lipinski definition) is 0. The van der Waals surface area contributed by atoms with E-state index in [1.807, 2.05) is 0 Å². The van der Waals surface area contributed by atoms with E-state index in [2.05, 4.69) is 13.8 Å². The first-order valence-electron chi connectivity index (χ1n) is 14.9. The van der Waals surface area contributed by atoms with Crippen molar-refractivity contribution in [2.45, 2.75) is 168 Å². The van der Waals surface area contributed by atoms with Crippen LogP contribution in [0.1, 0.15) is 162 Å². The van der Waals surface area contributed by atoms with E-state index in [4.69, 9.17) is 4.74 Å². The van der Waals surface area contributed by atoms with Gasteiger partial charge in [0.1, 0.15) is 0 Å². The molecular formula is C30H58O. The normalized spacial score (nSPS) is 26.9. The fourth-order valence-corrected chi connectivity index (χ4v) is 6.37. The van der Waals surface area contributed by atoms with Gasteiger partial charge in [-0.15, -0.1) is 0 Å². The van der Waals surface area contributed by atoms with E-state index in [-0.39, 0.29) is 0 Å². The van der Waals surface area contributed by atoms with E-state index in [1.54, 1.807) is 0 Å². The molecule has 0 aromatic rings. The van der Waals surface area contributed by atoms with Gasteiger partial charge in [0.2, 0.25) is 0 Å². The van der Waals surface area contributed by atoms with Gasteiger partial charge < -0.3 is 4.74 Å². The van der Waals surface area contributed by atoms with Crippen molar-refractivity contribution in [3.63, 3.8) is 0 Å². The Morgan fingerprint density at radius 2 is 0.935 bits per heavy atom. The molecule has 0 heterocycles. The van der Waals surface area contributed by atoms with Crippen molar-refractivity contribution in [2.75, 3.05) is 6.61 Å². The lowest BCUT2D eigenvalue weighted by Crippen LogP contribution is -2.28. The second-order valence-corrected chi connectivity index (χ2v) is 11.2. The zero-order valence-electron chi connectivity index (χ0n) is 21.7. The van der Waals surface area contributed by atoms with Crippen molar-refractivity contribution in [1.82, 2.24) is 0 Å². The highest BCUT2D eigenvalue weighted by Crippen LogP contribution is 2.41. The molecule has 0 saturated heterocycles. The van der Waals surface area contributed by atoms with Gasteiger partial charge in [0.05, 0.1) is 6.10 Å². The minimum atomic E-state index is 0.588. The Morgan fingerprint density at radius 1 is 0.484 bits per heavy atom. The monoisotopic (exact) mass is 434 g/mol. The minimum absolute atomic E-state index is 0.588. The summed E-state index contributed by atoms with van der Waals surface area (Å²) in [6.07, 6.45) is 33.8. The van der Waals surface area contributed by atoms with Crippen LogP contribution in [0.5, 0.6) is 0 Å². The third kappa shape index (κ3) is 12.7. The van der Waals surface area contributed by atoms with Crippen molar-refractivity contribution in [3.05, 3.63) is 0 Å². The van der Waals surface area contributed by atoms with Gasteiger partial charge in [0.25, 0.3) is 0 Å². The van der Waals surface area contributed by atoms with Crippen LogP contribution in [0, 0.1) is 17.8 Å². The van der Waals surface area contributed by atoms with Crippen LogP contribution >= 0.6 is 0 Å². The number of rotatable bonds is 18. The predicted molar refractivity (Wildman–Crippen MR) is 138 cm³/mol. The molecule has 0 aliphatic heterocycles. The van der Waals surface area contributed by atoms with Gasteiger partial charge in [-0.25, -0.2) is 0 Å². The third-order valence-electron chi connectivity index (χ3n) is 8.59. The second kappa shape index (κ2) is 18.4. The number of unbranched alkanes of at least 4 members (excludes halogenated alkanes) is 12. The van der Waals surface area contributed by atoms with E-state index in [0.29, 0.717) is 6.10 Å². The molecule has 2 saturated carbocycles. The highest BCUT2D eigenvalue weighted by atomic mass is 16.5. The molecule has 1 nitrogen and oxygen atoms in total. The van der Waals surface area contributed by atoms with Gasteiger partial charge in [-0.2, -0.15) is 0 Å². The quantitative estimate of drug-likeness (QED) is 0.195. The molecule has 2 aliphatic carbocycles. The van der Waals surface area contributed by atoms with E-state index in [9.17, 15) is 0 Å². The molecule has 2 fully saturated rings. The van der Waals surface area contributed by atoms with Gasteiger partial charge >= 0.3 is 0 Å². The Morgan fingerprint density at radius 3 is 1.48 bits per heavy atom. The average Bonchev–Trinajstić information content (AvgIpc) is 2.81. The van der Waals surface area contributed by atoms with E-state index in [0.717, 1.165) is 24.4 Å². The van der Waals surface area contributed by atoms with Crippen molar-refractivity contribution < 1.29 is 4.74 Å². The maximum atomic E-state index is 6.25. The fourth-order valence-electron chi connectivity index (χ4n) is 6.37. The summed E-state index contributed by atoms with van der Waals surface area (Å²) in [7, 11) is 0. The summed E-state index contributed by atoms with van der Waals surface area (Å²) < 4.78 is 6.25. The van der Waals surface area contributed by atoms with Crippen LogP contribution in [0.2, 0.25) is 0 Å². The molecule has 2 aliphatic rings. The summed E-state index contributed by atoms with van der Waals surface area (Å²) >= 11 is 0. The lowest BCUT2D eigenvalue weighted by molar-refractivity contribution is 0.00526. The third-order valence-corrected chi connectivity index (χ3v) is 8.59. The molecule has 1 heteroatoms. The summed E-state index contributed by atoms with van der Waals surface area (Å²) in [5.41, 5.74) is 0. The maximum absolute atomic E-state index is 6.25. The molecule has 184 valence electrons. The Bertz CT molecular complexity index is 376. The zero-order chi connectivity index (χ0) is 22.0. The Kier molecular flexibility index (Phi) is 16.1. The molecule has 0 amide bonds. The molecule has 31 heavy (non-hydrogen) atoms. The Labute approximate surface area is 196 Å². The molecule has 0 aromatic heterocycles. The number of hydrogen-bond acceptors (Lipinski definition) is 1. The SMILES string of the molecule is CCCCCCCCCOC1CCC(C2CCC(CCCCCCCCC)CC2)CC1. The van der Waals surface area contributed by atoms with Crippen LogP contribution < -0.4 is 0 Å². The first kappa shape index (κ1) is 27.2. The molecule has 2 rings (SSSR count). The van der Waals surface area contributed by atoms with Crippen LogP contribution in [-0.4, -0.2) is 12.7 Å². The topological polar surface area (TPSA) is 9.23 Å². The summed E-state index contributed by atoms with van der Waals surface area (Å²) in [6.45, 7) is 5.63. The summed E-state index contributed by atoms with van der Waals surface area (Å²) in [5.74, 6) is 3.14. The molecule has 0 aromatic carbocycles. The van der Waals surface area contributed by atoms with Gasteiger partial charge in [0, 0.05) is 6.61 Å². The van der Waals surface area contributed by atoms with Crippen LogP contribution in [-0.2, 0) is 4.74 Å². The van der Waals surface area contributed by atoms with E-state index in [1.165, 1.54) is 148 Å². The molecular weight excluding hydrogens is 376 g/mol. The van der Waals surface area contributed by atoms with Crippen LogP contribution in [0.4, 0.5) is 0 Å². The van der Waals surface area contributed by atoms with E-state index >= 15 is 0 Å². The first-order chi connectivity index (χ1) is 15.3. The molecule has 0 bridgehead atoms. The lowest BCUT2D eigenvalue weighted by Gasteiger charge is -2.38. The summed E-state index contributed by atoms with van der Waals surface area (Å²) in [6, 6.07) is 0. The lowest BCUT2D eigenvalue weighted by atomic mass is 9.70.